The van der Waals surface area contributed by atoms with Gasteiger partial charge in [0, 0.05) is 25.2 Å². The Labute approximate surface area is 120 Å². The van der Waals surface area contributed by atoms with E-state index in [2.05, 4.69) is 18.7 Å². The molecule has 1 fully saturated rings. The Hall–Kier alpha value is -1.45. The van der Waals surface area contributed by atoms with Gasteiger partial charge in [0.15, 0.2) is 11.6 Å². The molecule has 0 amide bonds. The number of anilines is 2. The van der Waals surface area contributed by atoms with E-state index in [1.165, 1.54) is 12.5 Å². The minimum atomic E-state index is -0.391. The highest BCUT2D eigenvalue weighted by molar-refractivity contribution is 5.70. The summed E-state index contributed by atoms with van der Waals surface area (Å²) in [6.07, 6.45) is 1.17. The van der Waals surface area contributed by atoms with Crippen molar-refractivity contribution in [1.29, 1.82) is 0 Å². The average molecular weight is 280 g/mol. The van der Waals surface area contributed by atoms with E-state index in [1.54, 1.807) is 6.07 Å². The van der Waals surface area contributed by atoms with Crippen molar-refractivity contribution in [2.45, 2.75) is 40.2 Å². The molecule has 0 radical (unpaired) electrons. The Morgan fingerprint density at radius 1 is 1.25 bits per heavy atom. The van der Waals surface area contributed by atoms with E-state index in [0.29, 0.717) is 17.5 Å². The molecule has 0 aliphatic carbocycles. The van der Waals surface area contributed by atoms with Gasteiger partial charge >= 0.3 is 0 Å². The second-order valence-electron chi connectivity index (χ2n) is 6.36. The molecule has 2 rings (SSSR count). The fourth-order valence-electron chi connectivity index (χ4n) is 3.04. The molecule has 0 saturated carbocycles. The zero-order chi connectivity index (χ0) is 14.9. The van der Waals surface area contributed by atoms with Gasteiger partial charge < -0.3 is 15.4 Å². The molecule has 2 N–H and O–H groups in total. The third kappa shape index (κ3) is 3.35. The molecule has 0 spiro atoms. The maximum Gasteiger partial charge on any atom is 0.167 e. The molecule has 1 heterocycles. The minimum Gasteiger partial charge on any atom is -0.488 e. The SMILES string of the molecule is CC1CC(C)CN(c2cc(OC(C)C)c(F)cc2N)C1. The highest BCUT2D eigenvalue weighted by atomic mass is 19.1. The second-order valence-corrected chi connectivity index (χ2v) is 6.36. The maximum absolute atomic E-state index is 13.9. The van der Waals surface area contributed by atoms with Crippen molar-refractivity contribution in [2.24, 2.45) is 11.8 Å². The van der Waals surface area contributed by atoms with Crippen LogP contribution in [0, 0.1) is 17.7 Å². The van der Waals surface area contributed by atoms with E-state index in [1.807, 2.05) is 13.8 Å². The van der Waals surface area contributed by atoms with Gasteiger partial charge in [0.05, 0.1) is 17.5 Å². The molecule has 1 saturated heterocycles. The van der Waals surface area contributed by atoms with Crippen molar-refractivity contribution < 1.29 is 9.13 Å². The zero-order valence-electron chi connectivity index (χ0n) is 12.8. The minimum absolute atomic E-state index is 0.0554. The normalized spacial score (nSPS) is 23.2. The number of nitrogen functional groups attached to an aromatic ring is 1. The maximum atomic E-state index is 13.9. The molecule has 1 aromatic carbocycles. The second kappa shape index (κ2) is 5.90. The van der Waals surface area contributed by atoms with Gasteiger partial charge in [-0.3, -0.25) is 0 Å². The van der Waals surface area contributed by atoms with E-state index in [9.17, 15) is 4.39 Å². The molecule has 0 aromatic heterocycles. The molecule has 0 bridgehead atoms. The lowest BCUT2D eigenvalue weighted by Gasteiger charge is -2.37. The Morgan fingerprint density at radius 3 is 2.40 bits per heavy atom. The van der Waals surface area contributed by atoms with Crippen molar-refractivity contribution in [3.05, 3.63) is 17.9 Å². The van der Waals surface area contributed by atoms with Gasteiger partial charge in [-0.2, -0.15) is 0 Å². The molecule has 1 aliphatic heterocycles. The zero-order valence-corrected chi connectivity index (χ0v) is 12.8. The number of hydrogen-bond acceptors (Lipinski definition) is 3. The summed E-state index contributed by atoms with van der Waals surface area (Å²) in [6, 6.07) is 3.12. The molecular formula is C16H25FN2O. The lowest BCUT2D eigenvalue weighted by Crippen LogP contribution is -2.39. The summed E-state index contributed by atoms with van der Waals surface area (Å²) in [5.74, 6) is 1.14. The van der Waals surface area contributed by atoms with Crippen molar-refractivity contribution in [1.82, 2.24) is 0 Å². The van der Waals surface area contributed by atoms with E-state index in [-0.39, 0.29) is 11.9 Å². The summed E-state index contributed by atoms with van der Waals surface area (Å²) < 4.78 is 19.4. The smallest absolute Gasteiger partial charge is 0.167 e. The Kier molecular flexibility index (Phi) is 4.41. The third-order valence-electron chi connectivity index (χ3n) is 3.65. The van der Waals surface area contributed by atoms with E-state index < -0.39 is 5.82 Å². The third-order valence-corrected chi connectivity index (χ3v) is 3.65. The first-order valence-corrected chi connectivity index (χ1v) is 7.37. The molecular weight excluding hydrogens is 255 g/mol. The summed E-state index contributed by atoms with van der Waals surface area (Å²) in [6.45, 7) is 10.2. The summed E-state index contributed by atoms with van der Waals surface area (Å²) in [4.78, 5) is 2.25. The van der Waals surface area contributed by atoms with Crippen LogP contribution in [0.2, 0.25) is 0 Å². The van der Waals surface area contributed by atoms with Crippen molar-refractivity contribution in [2.75, 3.05) is 23.7 Å². The van der Waals surface area contributed by atoms with Crippen LogP contribution in [-0.2, 0) is 0 Å². The van der Waals surface area contributed by atoms with Crippen molar-refractivity contribution >= 4 is 11.4 Å². The molecule has 2 atom stereocenters. The number of benzene rings is 1. The fourth-order valence-corrected chi connectivity index (χ4v) is 3.04. The highest BCUT2D eigenvalue weighted by Crippen LogP contribution is 2.35. The van der Waals surface area contributed by atoms with Gasteiger partial charge in [0.25, 0.3) is 0 Å². The quantitative estimate of drug-likeness (QED) is 0.858. The summed E-state index contributed by atoms with van der Waals surface area (Å²) in [5, 5.41) is 0. The van der Waals surface area contributed by atoms with Gasteiger partial charge in [0.2, 0.25) is 0 Å². The Morgan fingerprint density at radius 2 is 1.85 bits per heavy atom. The van der Waals surface area contributed by atoms with Crippen molar-refractivity contribution in [3.8, 4) is 5.75 Å². The Bertz CT molecular complexity index is 466. The number of rotatable bonds is 3. The van der Waals surface area contributed by atoms with Crippen LogP contribution < -0.4 is 15.4 Å². The number of ether oxygens (including phenoxy) is 1. The monoisotopic (exact) mass is 280 g/mol. The van der Waals surface area contributed by atoms with Crippen LogP contribution in [0.4, 0.5) is 15.8 Å². The number of hydrogen-bond donors (Lipinski definition) is 1. The van der Waals surface area contributed by atoms with Crippen LogP contribution in [0.5, 0.6) is 5.75 Å². The Balaban J connectivity index is 2.30. The molecule has 2 unspecified atom stereocenters. The summed E-state index contributed by atoms with van der Waals surface area (Å²) in [5.41, 5.74) is 7.38. The molecule has 3 nitrogen and oxygen atoms in total. The first kappa shape index (κ1) is 14.9. The largest absolute Gasteiger partial charge is 0.488 e. The molecule has 1 aliphatic rings. The highest BCUT2D eigenvalue weighted by Gasteiger charge is 2.24. The van der Waals surface area contributed by atoms with Crippen LogP contribution in [0.25, 0.3) is 0 Å². The lowest BCUT2D eigenvalue weighted by atomic mass is 9.91. The predicted octanol–water partition coefficient (Wildman–Crippen LogP) is 3.68. The standard InChI is InChI=1S/C16H25FN2O/c1-10(2)20-16-7-15(14(18)6-13(16)17)19-8-11(3)5-12(4)9-19/h6-7,10-12H,5,8-9,18H2,1-4H3. The van der Waals surface area contributed by atoms with Crippen LogP contribution in [-0.4, -0.2) is 19.2 Å². The van der Waals surface area contributed by atoms with Gasteiger partial charge in [0.1, 0.15) is 0 Å². The average Bonchev–Trinajstić information content (AvgIpc) is 2.30. The number of nitrogens with zero attached hydrogens (tertiary/aromatic N) is 1. The van der Waals surface area contributed by atoms with E-state index >= 15 is 0 Å². The predicted molar refractivity (Wildman–Crippen MR) is 81.7 cm³/mol. The van der Waals surface area contributed by atoms with Crippen molar-refractivity contribution in [3.63, 3.8) is 0 Å². The molecule has 1 aromatic rings. The van der Waals surface area contributed by atoms with Gasteiger partial charge in [-0.15, -0.1) is 0 Å². The van der Waals surface area contributed by atoms with Gasteiger partial charge in [-0.05, 0) is 32.1 Å². The lowest BCUT2D eigenvalue weighted by molar-refractivity contribution is 0.231. The topological polar surface area (TPSA) is 38.5 Å². The first-order chi connectivity index (χ1) is 9.36. The number of piperidine rings is 1. The summed E-state index contributed by atoms with van der Waals surface area (Å²) >= 11 is 0. The van der Waals surface area contributed by atoms with Crippen LogP contribution in [0.3, 0.4) is 0 Å². The first-order valence-electron chi connectivity index (χ1n) is 7.37. The van der Waals surface area contributed by atoms with Crippen LogP contribution >= 0.6 is 0 Å². The molecule has 4 heteroatoms. The molecule has 112 valence electrons. The van der Waals surface area contributed by atoms with Crippen LogP contribution in [0.1, 0.15) is 34.1 Å². The number of nitrogens with two attached hydrogens (primary N) is 1. The fraction of sp³-hybridized carbons (Fsp3) is 0.625. The van der Waals surface area contributed by atoms with E-state index in [0.717, 1.165) is 18.8 Å². The summed E-state index contributed by atoms with van der Waals surface area (Å²) in [7, 11) is 0. The van der Waals surface area contributed by atoms with Crippen LogP contribution in [0.15, 0.2) is 12.1 Å². The van der Waals surface area contributed by atoms with Gasteiger partial charge in [-0.25, -0.2) is 4.39 Å². The molecule has 20 heavy (non-hydrogen) atoms. The number of halogens is 1. The van der Waals surface area contributed by atoms with Gasteiger partial charge in [-0.1, -0.05) is 13.8 Å². The van der Waals surface area contributed by atoms with E-state index in [4.69, 9.17) is 10.5 Å².